The van der Waals surface area contributed by atoms with Crippen LogP contribution in [-0.4, -0.2) is 6.10 Å². The summed E-state index contributed by atoms with van der Waals surface area (Å²) in [6.07, 6.45) is 5.72. The second kappa shape index (κ2) is 5.39. The third-order valence-corrected chi connectivity index (χ3v) is 3.65. The van der Waals surface area contributed by atoms with Gasteiger partial charge in [0.2, 0.25) is 0 Å². The zero-order valence-corrected chi connectivity index (χ0v) is 10.3. The third kappa shape index (κ3) is 2.90. The van der Waals surface area contributed by atoms with Crippen LogP contribution >= 0.6 is 0 Å². The van der Waals surface area contributed by atoms with Gasteiger partial charge in [-0.1, -0.05) is 19.4 Å². The van der Waals surface area contributed by atoms with E-state index in [2.05, 4.69) is 6.92 Å². The van der Waals surface area contributed by atoms with Crippen molar-refractivity contribution in [3.05, 3.63) is 24.0 Å². The van der Waals surface area contributed by atoms with Gasteiger partial charge in [-0.3, -0.25) is 0 Å². The largest absolute Gasteiger partial charge is 0.485 e. The quantitative estimate of drug-likeness (QED) is 0.812. The van der Waals surface area contributed by atoms with Crippen molar-refractivity contribution < 1.29 is 9.13 Å². The molecule has 0 aromatic heterocycles. The molecule has 0 radical (unpaired) electrons. The van der Waals surface area contributed by atoms with E-state index < -0.39 is 0 Å². The molecule has 0 unspecified atom stereocenters. The first kappa shape index (κ1) is 12.2. The highest BCUT2D eigenvalue weighted by atomic mass is 19.1. The Morgan fingerprint density at radius 3 is 2.59 bits per heavy atom. The molecule has 2 nitrogen and oxygen atoms in total. The molecule has 1 aromatic carbocycles. The second-order valence-corrected chi connectivity index (χ2v) is 4.83. The van der Waals surface area contributed by atoms with Gasteiger partial charge in [0.05, 0.1) is 11.8 Å². The molecule has 17 heavy (non-hydrogen) atoms. The minimum absolute atomic E-state index is 0.122. The van der Waals surface area contributed by atoms with Crippen molar-refractivity contribution in [2.75, 3.05) is 5.73 Å². The van der Waals surface area contributed by atoms with Crippen LogP contribution in [0, 0.1) is 11.7 Å². The van der Waals surface area contributed by atoms with Gasteiger partial charge in [0.25, 0.3) is 0 Å². The Hall–Kier alpha value is -1.25. The van der Waals surface area contributed by atoms with Crippen molar-refractivity contribution in [3.8, 4) is 5.75 Å². The number of rotatable bonds is 3. The number of ether oxygens (including phenoxy) is 1. The van der Waals surface area contributed by atoms with Crippen molar-refractivity contribution in [1.29, 1.82) is 0 Å². The van der Waals surface area contributed by atoms with Crippen LogP contribution in [0.15, 0.2) is 18.2 Å². The van der Waals surface area contributed by atoms with Gasteiger partial charge in [-0.2, -0.15) is 0 Å². The zero-order chi connectivity index (χ0) is 12.3. The molecular weight excluding hydrogens is 217 g/mol. The van der Waals surface area contributed by atoms with Gasteiger partial charge in [0.15, 0.2) is 11.6 Å². The van der Waals surface area contributed by atoms with Crippen LogP contribution < -0.4 is 10.5 Å². The fraction of sp³-hybridized carbons (Fsp3) is 0.571. The smallest absolute Gasteiger partial charge is 0.178 e. The standard InChI is InChI=1S/C14H20FNO/c1-2-10-6-8-11(9-7-10)17-14-12(15)4-3-5-13(14)16/h3-5,10-11H,2,6-9,16H2,1H3. The predicted octanol–water partition coefficient (Wildman–Crippen LogP) is 3.76. The van der Waals surface area contributed by atoms with Crippen LogP contribution in [0.3, 0.4) is 0 Å². The average Bonchev–Trinajstić information content (AvgIpc) is 2.35. The van der Waals surface area contributed by atoms with E-state index in [-0.39, 0.29) is 17.7 Å². The number of halogens is 1. The highest BCUT2D eigenvalue weighted by Crippen LogP contribution is 2.32. The number of anilines is 1. The molecule has 0 bridgehead atoms. The molecule has 0 atom stereocenters. The summed E-state index contributed by atoms with van der Waals surface area (Å²) < 4.78 is 19.3. The number of hydrogen-bond donors (Lipinski definition) is 1. The van der Waals surface area contributed by atoms with E-state index >= 15 is 0 Å². The molecule has 3 heteroatoms. The normalized spacial score (nSPS) is 24.6. The SMILES string of the molecule is CCC1CCC(Oc2c(N)cccc2F)CC1. The van der Waals surface area contributed by atoms with E-state index in [0.717, 1.165) is 18.8 Å². The lowest BCUT2D eigenvalue weighted by molar-refractivity contribution is 0.126. The zero-order valence-electron chi connectivity index (χ0n) is 10.3. The summed E-state index contributed by atoms with van der Waals surface area (Å²) in [4.78, 5) is 0. The third-order valence-electron chi connectivity index (χ3n) is 3.65. The molecular formula is C14H20FNO. The van der Waals surface area contributed by atoms with Gasteiger partial charge in [0.1, 0.15) is 0 Å². The van der Waals surface area contributed by atoms with E-state index in [0.29, 0.717) is 5.69 Å². The predicted molar refractivity (Wildman–Crippen MR) is 67.5 cm³/mol. The average molecular weight is 237 g/mol. The molecule has 0 amide bonds. The maximum absolute atomic E-state index is 13.5. The topological polar surface area (TPSA) is 35.2 Å². The molecule has 94 valence electrons. The van der Waals surface area contributed by atoms with E-state index in [1.54, 1.807) is 12.1 Å². The van der Waals surface area contributed by atoms with Gasteiger partial charge in [-0.15, -0.1) is 0 Å². The van der Waals surface area contributed by atoms with Crippen molar-refractivity contribution in [1.82, 2.24) is 0 Å². The molecule has 2 N–H and O–H groups in total. The maximum atomic E-state index is 13.5. The van der Waals surface area contributed by atoms with Crippen molar-refractivity contribution in [2.45, 2.75) is 45.1 Å². The summed E-state index contributed by atoms with van der Waals surface area (Å²) in [5.74, 6) is 0.683. The van der Waals surface area contributed by atoms with Gasteiger partial charge in [-0.25, -0.2) is 4.39 Å². The van der Waals surface area contributed by atoms with E-state index in [1.165, 1.54) is 25.3 Å². The Kier molecular flexibility index (Phi) is 3.87. The lowest BCUT2D eigenvalue weighted by Crippen LogP contribution is -2.24. The number of para-hydroxylation sites is 1. The van der Waals surface area contributed by atoms with Crippen molar-refractivity contribution in [3.63, 3.8) is 0 Å². The Balaban J connectivity index is 1.98. The van der Waals surface area contributed by atoms with E-state index in [9.17, 15) is 4.39 Å². The monoisotopic (exact) mass is 237 g/mol. The minimum atomic E-state index is -0.359. The Bertz CT molecular complexity index is 352. The van der Waals surface area contributed by atoms with Gasteiger partial charge in [0, 0.05) is 0 Å². The number of benzene rings is 1. The molecule has 0 aliphatic heterocycles. The summed E-state index contributed by atoms with van der Waals surface area (Å²) in [5, 5.41) is 0. The molecule has 0 saturated heterocycles. The fourth-order valence-corrected chi connectivity index (χ4v) is 2.47. The molecule has 0 heterocycles. The maximum Gasteiger partial charge on any atom is 0.178 e. The van der Waals surface area contributed by atoms with Gasteiger partial charge in [-0.05, 0) is 43.7 Å². The van der Waals surface area contributed by atoms with Crippen LogP contribution in [0.2, 0.25) is 0 Å². The van der Waals surface area contributed by atoms with Crippen molar-refractivity contribution in [2.24, 2.45) is 5.92 Å². The minimum Gasteiger partial charge on any atom is -0.485 e. The Morgan fingerprint density at radius 1 is 1.29 bits per heavy atom. The van der Waals surface area contributed by atoms with Crippen LogP contribution in [0.1, 0.15) is 39.0 Å². The van der Waals surface area contributed by atoms with Crippen LogP contribution in [-0.2, 0) is 0 Å². The lowest BCUT2D eigenvalue weighted by Gasteiger charge is -2.28. The molecule has 1 aromatic rings. The highest BCUT2D eigenvalue weighted by Gasteiger charge is 2.22. The van der Waals surface area contributed by atoms with E-state index in [1.807, 2.05) is 0 Å². The highest BCUT2D eigenvalue weighted by molar-refractivity contribution is 5.52. The number of hydrogen-bond acceptors (Lipinski definition) is 2. The van der Waals surface area contributed by atoms with Crippen LogP contribution in [0.5, 0.6) is 5.75 Å². The summed E-state index contributed by atoms with van der Waals surface area (Å²) >= 11 is 0. The number of nitrogen functional groups attached to an aromatic ring is 1. The Morgan fingerprint density at radius 2 is 2.00 bits per heavy atom. The van der Waals surface area contributed by atoms with Crippen molar-refractivity contribution >= 4 is 5.69 Å². The molecule has 0 spiro atoms. The summed E-state index contributed by atoms with van der Waals surface area (Å²) in [6, 6.07) is 4.67. The second-order valence-electron chi connectivity index (χ2n) is 4.83. The van der Waals surface area contributed by atoms with Gasteiger partial charge >= 0.3 is 0 Å². The van der Waals surface area contributed by atoms with Crippen LogP contribution in [0.25, 0.3) is 0 Å². The van der Waals surface area contributed by atoms with E-state index in [4.69, 9.17) is 10.5 Å². The van der Waals surface area contributed by atoms with Crippen LogP contribution in [0.4, 0.5) is 10.1 Å². The Labute approximate surface area is 102 Å². The molecule has 1 aliphatic rings. The molecule has 1 saturated carbocycles. The number of nitrogens with two attached hydrogens (primary N) is 1. The first-order valence-electron chi connectivity index (χ1n) is 6.41. The first-order chi connectivity index (χ1) is 8.20. The molecule has 1 fully saturated rings. The summed E-state index contributed by atoms with van der Waals surface area (Å²) in [5.41, 5.74) is 6.12. The molecule has 2 rings (SSSR count). The fourth-order valence-electron chi connectivity index (χ4n) is 2.47. The molecule has 1 aliphatic carbocycles. The summed E-state index contributed by atoms with van der Waals surface area (Å²) in [7, 11) is 0. The van der Waals surface area contributed by atoms with Gasteiger partial charge < -0.3 is 10.5 Å². The first-order valence-corrected chi connectivity index (χ1v) is 6.41. The lowest BCUT2D eigenvalue weighted by atomic mass is 9.86. The summed E-state index contributed by atoms with van der Waals surface area (Å²) in [6.45, 7) is 2.22.